The number of hydrogen-bond donors (Lipinski definition) is 16. The smallest absolute Gasteiger partial charge is 0.352 e. The van der Waals surface area contributed by atoms with Crippen LogP contribution in [0.4, 0.5) is 0 Å². The quantitative estimate of drug-likeness (QED) is 0.0132. The van der Waals surface area contributed by atoms with Crippen molar-refractivity contribution in [2.24, 2.45) is 45.1 Å². The van der Waals surface area contributed by atoms with Gasteiger partial charge in [-0.3, -0.25) is 43.3 Å². The van der Waals surface area contributed by atoms with Gasteiger partial charge >= 0.3 is 5.97 Å². The molecule has 28 heteroatoms. The van der Waals surface area contributed by atoms with E-state index in [0.29, 0.717) is 49.8 Å². The van der Waals surface area contributed by atoms with Gasteiger partial charge in [-0.1, -0.05) is 24.6 Å². The van der Waals surface area contributed by atoms with Crippen molar-refractivity contribution in [2.45, 2.75) is 132 Å². The fourth-order valence-corrected chi connectivity index (χ4v) is 7.67. The van der Waals surface area contributed by atoms with Crippen molar-refractivity contribution >= 4 is 59.2 Å². The number of aliphatic hydroxyl groups is 1. The maximum absolute atomic E-state index is 14.2. The Kier molecular flexibility index (Phi) is 29.1. The van der Waals surface area contributed by atoms with Gasteiger partial charge < -0.3 is 92.5 Å². The van der Waals surface area contributed by atoms with Crippen molar-refractivity contribution in [1.29, 1.82) is 5.26 Å². The number of nitrogens with one attached hydrogen (secondary N) is 7. The number of carboxylic acids is 1. The highest BCUT2D eigenvalue weighted by Crippen LogP contribution is 2.21. The first-order chi connectivity index (χ1) is 35.7. The Bertz CT molecular complexity index is 2190. The number of nitrogens with zero attached hydrogens (tertiary/aromatic N) is 3. The predicted molar refractivity (Wildman–Crippen MR) is 274 cm³/mol. The molecule has 416 valence electrons. The number of guanidine groups is 1. The molecule has 0 bridgehead atoms. The first kappa shape index (κ1) is 63.8. The van der Waals surface area contributed by atoms with Crippen molar-refractivity contribution in [3.05, 3.63) is 47.2 Å². The highest BCUT2D eigenvalue weighted by atomic mass is 16.4. The molecule has 1 heterocycles. The molecular weight excluding hydrogens is 979 g/mol. The van der Waals surface area contributed by atoms with Crippen LogP contribution in [0.3, 0.4) is 0 Å². The molecule has 2 rings (SSSR count). The Hall–Kier alpha value is -7.29. The van der Waals surface area contributed by atoms with Gasteiger partial charge in [0.25, 0.3) is 0 Å². The second-order valence-electron chi connectivity index (χ2n) is 17.8. The molecule has 1 fully saturated rings. The molecule has 1 aromatic carbocycles. The molecule has 8 amide bonds. The predicted octanol–water partition coefficient (Wildman–Crippen LogP) is -5.96. The molecule has 0 spiro atoms. The van der Waals surface area contributed by atoms with Gasteiger partial charge in [0.2, 0.25) is 47.3 Å². The molecular formula is C47H77N17O11. The average molecular weight is 1060 g/mol. The summed E-state index contributed by atoms with van der Waals surface area (Å²) in [6, 6.07) is -0.748. The van der Waals surface area contributed by atoms with Crippen LogP contribution >= 0.6 is 0 Å². The Morgan fingerprint density at radius 1 is 0.787 bits per heavy atom. The second kappa shape index (κ2) is 34.2. The lowest BCUT2D eigenvalue weighted by Crippen LogP contribution is -2.60. The molecule has 0 aliphatic carbocycles. The van der Waals surface area contributed by atoms with Crippen LogP contribution < -0.4 is 77.4 Å². The van der Waals surface area contributed by atoms with E-state index in [1.807, 2.05) is 6.07 Å². The summed E-state index contributed by atoms with van der Waals surface area (Å²) in [7, 11) is 0. The normalized spacial score (nSPS) is 16.0. The number of nitrogens with two attached hydrogens (primary N) is 7. The van der Waals surface area contributed by atoms with Crippen molar-refractivity contribution in [3.8, 4) is 6.07 Å². The van der Waals surface area contributed by atoms with Crippen molar-refractivity contribution in [3.63, 3.8) is 0 Å². The number of carboxylic acid groups (broad SMARTS) is 1. The summed E-state index contributed by atoms with van der Waals surface area (Å²) < 4.78 is 0. The fourth-order valence-electron chi connectivity index (χ4n) is 7.67. The van der Waals surface area contributed by atoms with E-state index in [-0.39, 0.29) is 77.1 Å². The lowest BCUT2D eigenvalue weighted by Gasteiger charge is -2.30. The number of aliphatic carboxylic acids is 1. The molecule has 8 atom stereocenters. The SMILES string of the molecule is C[C@H](NC(=O)[C@@H](NC(=O)[C@@H](N)CCCCN)[C@@H](O)CN)C(=O)NCC(=O)N[C@H](CCCN)C(=O)N1CCC[C@H]1C(=O)N[C@@H](Cc1ccc(C#N)cc1)C(=O)N[C@@H](CCCCN)C(=O)N/C(=C\CCN=C(N)N)C(=O)O. The van der Waals surface area contributed by atoms with Crippen LogP contribution in [0.2, 0.25) is 0 Å². The number of hydrogen-bond acceptors (Lipinski definition) is 17. The maximum atomic E-state index is 14.2. The molecule has 23 N–H and O–H groups in total. The summed E-state index contributed by atoms with van der Waals surface area (Å²) in [6.07, 6.45) is 2.63. The zero-order valence-electron chi connectivity index (χ0n) is 42.4. The number of carbonyl (C=O) groups is 9. The van der Waals surface area contributed by atoms with E-state index in [1.54, 1.807) is 12.1 Å². The van der Waals surface area contributed by atoms with E-state index in [0.717, 1.165) is 0 Å². The number of nitriles is 1. The topological polar surface area (TPSA) is 500 Å². The van der Waals surface area contributed by atoms with Crippen LogP contribution in [0.15, 0.2) is 41.0 Å². The Morgan fingerprint density at radius 2 is 1.43 bits per heavy atom. The highest BCUT2D eigenvalue weighted by molar-refractivity contribution is 5.99. The number of likely N-dealkylation sites (tertiary alicyclic amines) is 1. The minimum atomic E-state index is -1.57. The van der Waals surface area contributed by atoms with Crippen molar-refractivity contribution in [2.75, 3.05) is 45.8 Å². The number of aliphatic hydroxyl groups excluding tert-OH is 1. The van der Waals surface area contributed by atoms with Crippen LogP contribution in [0.1, 0.15) is 88.7 Å². The molecule has 0 aromatic heterocycles. The summed E-state index contributed by atoms with van der Waals surface area (Å²) in [5, 5.41) is 46.9. The summed E-state index contributed by atoms with van der Waals surface area (Å²) >= 11 is 0. The number of rotatable bonds is 34. The molecule has 75 heavy (non-hydrogen) atoms. The van der Waals surface area contributed by atoms with Crippen LogP contribution in [-0.2, 0) is 49.6 Å². The lowest BCUT2D eigenvalue weighted by molar-refractivity contribution is -0.142. The second-order valence-corrected chi connectivity index (χ2v) is 17.8. The minimum absolute atomic E-state index is 0.0293. The van der Waals surface area contributed by atoms with Crippen LogP contribution in [-0.4, -0.2) is 169 Å². The molecule has 0 unspecified atom stereocenters. The molecule has 28 nitrogen and oxygen atoms in total. The summed E-state index contributed by atoms with van der Waals surface area (Å²) in [6.45, 7) is 1.10. The van der Waals surface area contributed by atoms with Gasteiger partial charge in [-0.25, -0.2) is 4.79 Å². The highest BCUT2D eigenvalue weighted by Gasteiger charge is 2.39. The van der Waals surface area contributed by atoms with E-state index < -0.39 is 120 Å². The number of unbranched alkanes of at least 4 members (excludes halogenated alkanes) is 2. The van der Waals surface area contributed by atoms with Crippen LogP contribution in [0, 0.1) is 11.3 Å². The monoisotopic (exact) mass is 1060 g/mol. The summed E-state index contributed by atoms with van der Waals surface area (Å²) in [4.78, 5) is 126. The van der Waals surface area contributed by atoms with E-state index in [2.05, 4.69) is 42.2 Å². The van der Waals surface area contributed by atoms with Gasteiger partial charge in [-0.2, -0.15) is 5.26 Å². The minimum Gasteiger partial charge on any atom is -0.477 e. The van der Waals surface area contributed by atoms with E-state index in [4.69, 9.17) is 40.1 Å². The van der Waals surface area contributed by atoms with Gasteiger partial charge in [0.05, 0.1) is 30.3 Å². The average Bonchev–Trinajstić information content (AvgIpc) is 3.88. The molecule has 1 saturated heterocycles. The van der Waals surface area contributed by atoms with Crippen molar-refractivity contribution < 1.29 is 53.4 Å². The Labute approximate surface area is 435 Å². The standard InChI is InChI=1S/C47H77N17O11/c1-27(58-44(72)38(36(65)25-52)63-40(68)30(53)9-2-4-18-48)39(67)57-26-37(66)59-32(11-6-20-50)45(73)64-22-8-13-35(64)43(71)62-34(23-28-14-16-29(24-51)17-15-28)42(70)60-31(10-3-5-19-49)41(69)61-33(46(74)75)12-7-21-56-47(54)55/h12,14-17,27,30-32,34-36,38,65H,2-11,13,18-23,25-26,48-50,52-53H2,1H3,(H,57,67)(H,58,72)(H,59,66)(H,60,70)(H,61,69)(H,62,71)(H,63,68)(H,74,75)(H4,54,55,56)/b33-12-/t27-,30-,31-,32+,34-,35-,36-,38-/m0/s1. The third-order valence-corrected chi connectivity index (χ3v) is 11.9. The number of benzene rings is 1. The van der Waals surface area contributed by atoms with E-state index in [1.165, 1.54) is 30.0 Å². The summed E-state index contributed by atoms with van der Waals surface area (Å²) in [5.41, 5.74) is 39.5. The van der Waals surface area contributed by atoms with Crippen LogP contribution in [0.25, 0.3) is 0 Å². The Balaban J connectivity index is 2.27. The van der Waals surface area contributed by atoms with Gasteiger partial charge in [0, 0.05) is 26.1 Å². The van der Waals surface area contributed by atoms with Gasteiger partial charge in [-0.15, -0.1) is 0 Å². The number of aliphatic imine (C=N–C) groups is 1. The number of amides is 8. The van der Waals surface area contributed by atoms with Gasteiger partial charge in [0.15, 0.2) is 5.96 Å². The fraction of sp³-hybridized carbons (Fsp3) is 0.596. The molecule has 0 saturated carbocycles. The van der Waals surface area contributed by atoms with Gasteiger partial charge in [0.1, 0.15) is 41.9 Å². The van der Waals surface area contributed by atoms with Crippen molar-refractivity contribution in [1.82, 2.24) is 42.1 Å². The largest absolute Gasteiger partial charge is 0.477 e. The first-order valence-corrected chi connectivity index (χ1v) is 24.8. The molecule has 0 radical (unpaired) electrons. The van der Waals surface area contributed by atoms with E-state index in [9.17, 15) is 58.6 Å². The van der Waals surface area contributed by atoms with Gasteiger partial charge in [-0.05, 0) is 108 Å². The zero-order chi connectivity index (χ0) is 56.0. The Morgan fingerprint density at radius 3 is 2.03 bits per heavy atom. The maximum Gasteiger partial charge on any atom is 0.352 e. The molecule has 1 aliphatic heterocycles. The first-order valence-electron chi connectivity index (χ1n) is 24.8. The number of carbonyl (C=O) groups excluding carboxylic acids is 8. The molecule has 1 aliphatic rings. The third-order valence-electron chi connectivity index (χ3n) is 11.9. The summed E-state index contributed by atoms with van der Waals surface area (Å²) in [5.74, 6) is -8.12. The zero-order valence-corrected chi connectivity index (χ0v) is 42.4. The third kappa shape index (κ3) is 22.8. The molecule has 1 aromatic rings. The van der Waals surface area contributed by atoms with Crippen LogP contribution in [0.5, 0.6) is 0 Å². The van der Waals surface area contributed by atoms with E-state index >= 15 is 0 Å². The lowest BCUT2D eigenvalue weighted by atomic mass is 10.0.